The number of benzene rings is 1. The van der Waals surface area contributed by atoms with Crippen LogP contribution in [-0.2, 0) is 10.1 Å². The molecule has 3 nitrogen and oxygen atoms in total. The van der Waals surface area contributed by atoms with Gasteiger partial charge in [0.15, 0.2) is 0 Å². The van der Waals surface area contributed by atoms with Crippen molar-refractivity contribution >= 4 is 21.9 Å². The number of rotatable bonds is 2. The molecule has 0 radical (unpaired) electrons. The van der Waals surface area contributed by atoms with Gasteiger partial charge in [0.25, 0.3) is 0 Å². The second-order valence-electron chi connectivity index (χ2n) is 2.73. The Bertz CT molecular complexity index is 440. The lowest BCUT2D eigenvalue weighted by atomic mass is 10.1. The summed E-state index contributed by atoms with van der Waals surface area (Å²) < 4.78 is 17.8. The lowest BCUT2D eigenvalue weighted by Gasteiger charge is -2.05. The molecule has 1 aromatic rings. The fourth-order valence-electron chi connectivity index (χ4n) is 1.09. The highest BCUT2D eigenvalue weighted by Gasteiger charge is 2.15. The molecule has 0 bridgehead atoms. The lowest BCUT2D eigenvalue weighted by Crippen LogP contribution is -2.06. The second-order valence-corrected chi connectivity index (χ2v) is 3.29. The Kier molecular flexibility index (Phi) is 3.81. The summed E-state index contributed by atoms with van der Waals surface area (Å²) in [5.41, 5.74) is 0.388. The highest BCUT2D eigenvalue weighted by Crippen LogP contribution is 2.18. The van der Waals surface area contributed by atoms with Crippen LogP contribution in [0.5, 0.6) is 0 Å². The van der Waals surface area contributed by atoms with Crippen LogP contribution in [0.15, 0.2) is 12.1 Å². The van der Waals surface area contributed by atoms with E-state index < -0.39 is 11.8 Å². The summed E-state index contributed by atoms with van der Waals surface area (Å²) in [4.78, 5) is 11.2. The summed E-state index contributed by atoms with van der Waals surface area (Å²) in [5.74, 6) is -1.25. The quantitative estimate of drug-likeness (QED) is 0.613. The van der Waals surface area contributed by atoms with Crippen LogP contribution in [0.2, 0.25) is 0 Å². The minimum Gasteiger partial charge on any atom is -0.465 e. The molecule has 0 aliphatic carbocycles. The van der Waals surface area contributed by atoms with E-state index in [1.807, 2.05) is 6.07 Å². The predicted molar refractivity (Wildman–Crippen MR) is 55.1 cm³/mol. The summed E-state index contributed by atoms with van der Waals surface area (Å²) in [6.07, 6.45) is 0. The van der Waals surface area contributed by atoms with E-state index in [0.29, 0.717) is 5.56 Å². The van der Waals surface area contributed by atoms with Gasteiger partial charge in [-0.3, -0.25) is 0 Å². The Hall–Kier alpha value is -1.41. The summed E-state index contributed by atoms with van der Waals surface area (Å²) >= 11 is 3.08. The molecule has 78 valence electrons. The number of esters is 1. The van der Waals surface area contributed by atoms with E-state index in [-0.39, 0.29) is 16.5 Å². The average Bonchev–Trinajstić information content (AvgIpc) is 2.27. The molecular formula is C10H7BrFNO2. The van der Waals surface area contributed by atoms with E-state index in [4.69, 9.17) is 5.26 Å². The number of carbonyl (C=O) groups is 1. The third-order valence-electron chi connectivity index (χ3n) is 1.86. The van der Waals surface area contributed by atoms with E-state index in [1.54, 1.807) is 0 Å². The maximum absolute atomic E-state index is 13.3. The first-order valence-corrected chi connectivity index (χ1v) is 5.13. The number of carbonyl (C=O) groups excluding carboxylic acids is 1. The summed E-state index contributed by atoms with van der Waals surface area (Å²) in [7, 11) is 1.18. The highest BCUT2D eigenvalue weighted by atomic mass is 79.9. The molecule has 0 unspecified atom stereocenters. The summed E-state index contributed by atoms with van der Waals surface area (Å²) in [6, 6.07) is 4.17. The zero-order valence-corrected chi connectivity index (χ0v) is 9.47. The van der Waals surface area contributed by atoms with Crippen molar-refractivity contribution in [1.29, 1.82) is 5.26 Å². The number of hydrogen-bond donors (Lipinski definition) is 0. The molecule has 0 fully saturated rings. The van der Waals surface area contributed by atoms with Crippen LogP contribution in [0.3, 0.4) is 0 Å². The largest absolute Gasteiger partial charge is 0.465 e. The SMILES string of the molecule is COC(=O)c1cc(F)c(CBr)cc1C#N. The van der Waals surface area contributed by atoms with Crippen molar-refractivity contribution in [2.75, 3.05) is 7.11 Å². The van der Waals surface area contributed by atoms with Crippen LogP contribution < -0.4 is 0 Å². The molecule has 0 aliphatic heterocycles. The Morgan fingerprint density at radius 1 is 1.67 bits per heavy atom. The molecule has 0 aliphatic rings. The van der Waals surface area contributed by atoms with Crippen LogP contribution >= 0.6 is 15.9 Å². The van der Waals surface area contributed by atoms with E-state index in [9.17, 15) is 9.18 Å². The zero-order chi connectivity index (χ0) is 11.4. The zero-order valence-electron chi connectivity index (χ0n) is 7.88. The number of methoxy groups -OCH3 is 1. The molecule has 5 heteroatoms. The number of nitrogens with zero attached hydrogens (tertiary/aromatic N) is 1. The average molecular weight is 272 g/mol. The Morgan fingerprint density at radius 3 is 2.80 bits per heavy atom. The van der Waals surface area contributed by atoms with E-state index >= 15 is 0 Å². The smallest absolute Gasteiger partial charge is 0.339 e. The molecule has 1 rings (SSSR count). The van der Waals surface area contributed by atoms with E-state index in [2.05, 4.69) is 20.7 Å². The maximum atomic E-state index is 13.3. The highest BCUT2D eigenvalue weighted by molar-refractivity contribution is 9.08. The first-order valence-electron chi connectivity index (χ1n) is 4.00. The minimum atomic E-state index is -0.716. The molecule has 0 amide bonds. The number of halogens is 2. The number of hydrogen-bond acceptors (Lipinski definition) is 3. The van der Waals surface area contributed by atoms with Gasteiger partial charge in [-0.2, -0.15) is 5.26 Å². The number of nitriles is 1. The molecule has 0 atom stereocenters. The Labute approximate surface area is 94.6 Å². The molecule has 0 heterocycles. The molecule has 15 heavy (non-hydrogen) atoms. The monoisotopic (exact) mass is 271 g/mol. The van der Waals surface area contributed by atoms with Gasteiger partial charge in [0.05, 0.1) is 18.2 Å². The Morgan fingerprint density at radius 2 is 2.33 bits per heavy atom. The predicted octanol–water partition coefficient (Wildman–Crippen LogP) is 2.38. The second kappa shape index (κ2) is 4.89. The van der Waals surface area contributed by atoms with Gasteiger partial charge in [-0.15, -0.1) is 0 Å². The third kappa shape index (κ3) is 2.34. The van der Waals surface area contributed by atoms with Crippen LogP contribution in [0.25, 0.3) is 0 Å². The molecule has 0 N–H and O–H groups in total. The molecule has 0 saturated heterocycles. The third-order valence-corrected chi connectivity index (χ3v) is 2.46. The van der Waals surface area contributed by atoms with Crippen molar-refractivity contribution in [3.05, 3.63) is 34.6 Å². The van der Waals surface area contributed by atoms with E-state index in [1.165, 1.54) is 13.2 Å². The van der Waals surface area contributed by atoms with Gasteiger partial charge in [-0.25, -0.2) is 9.18 Å². The van der Waals surface area contributed by atoms with Crippen molar-refractivity contribution in [3.8, 4) is 6.07 Å². The fraction of sp³-hybridized carbons (Fsp3) is 0.200. The van der Waals surface area contributed by atoms with Crippen molar-refractivity contribution < 1.29 is 13.9 Å². The van der Waals surface area contributed by atoms with Crippen LogP contribution in [0.4, 0.5) is 4.39 Å². The van der Waals surface area contributed by atoms with Gasteiger partial charge in [-0.1, -0.05) is 15.9 Å². The maximum Gasteiger partial charge on any atom is 0.339 e. The van der Waals surface area contributed by atoms with Crippen LogP contribution in [0, 0.1) is 17.1 Å². The number of ether oxygens (including phenoxy) is 1. The molecular weight excluding hydrogens is 265 g/mol. The molecule has 0 aromatic heterocycles. The topological polar surface area (TPSA) is 50.1 Å². The molecule has 0 saturated carbocycles. The first kappa shape index (κ1) is 11.7. The molecule has 1 aromatic carbocycles. The van der Waals surface area contributed by atoms with Gasteiger partial charge in [-0.05, 0) is 17.7 Å². The van der Waals surface area contributed by atoms with Crippen LogP contribution in [0.1, 0.15) is 21.5 Å². The fourth-order valence-corrected chi connectivity index (χ4v) is 1.52. The van der Waals surface area contributed by atoms with E-state index in [0.717, 1.165) is 6.07 Å². The van der Waals surface area contributed by atoms with Gasteiger partial charge in [0.1, 0.15) is 11.9 Å². The normalized spacial score (nSPS) is 9.47. The van der Waals surface area contributed by atoms with Crippen molar-refractivity contribution in [2.45, 2.75) is 5.33 Å². The van der Waals surface area contributed by atoms with Crippen LogP contribution in [-0.4, -0.2) is 13.1 Å². The van der Waals surface area contributed by atoms with Crippen molar-refractivity contribution in [3.63, 3.8) is 0 Å². The lowest BCUT2D eigenvalue weighted by molar-refractivity contribution is 0.0600. The number of alkyl halides is 1. The standard InChI is InChI=1S/C10H7BrFNO2/c1-15-10(14)8-3-9(12)6(4-11)2-7(8)5-13/h2-3H,4H2,1H3. The molecule has 0 spiro atoms. The first-order chi connectivity index (χ1) is 7.13. The Balaban J connectivity index is 3.35. The summed E-state index contributed by atoms with van der Waals surface area (Å²) in [5, 5.41) is 9.06. The van der Waals surface area contributed by atoms with Gasteiger partial charge in [0, 0.05) is 5.33 Å². The van der Waals surface area contributed by atoms with Crippen molar-refractivity contribution in [1.82, 2.24) is 0 Å². The van der Waals surface area contributed by atoms with Gasteiger partial charge >= 0.3 is 5.97 Å². The summed E-state index contributed by atoms with van der Waals surface area (Å²) in [6.45, 7) is 0. The minimum absolute atomic E-state index is 0.0535. The van der Waals surface area contributed by atoms with Gasteiger partial charge in [0.2, 0.25) is 0 Å². The van der Waals surface area contributed by atoms with Gasteiger partial charge < -0.3 is 4.74 Å². The van der Waals surface area contributed by atoms with Crippen molar-refractivity contribution in [2.24, 2.45) is 0 Å².